The van der Waals surface area contributed by atoms with E-state index >= 15 is 0 Å². The fourth-order valence-corrected chi connectivity index (χ4v) is 3.30. The van der Waals surface area contributed by atoms with E-state index in [4.69, 9.17) is 5.73 Å². The summed E-state index contributed by atoms with van der Waals surface area (Å²) >= 11 is 0. The molecule has 1 aromatic rings. The minimum atomic E-state index is -4.16. The van der Waals surface area contributed by atoms with Crippen LogP contribution < -0.4 is 10.5 Å². The summed E-state index contributed by atoms with van der Waals surface area (Å²) in [7, 11) is -4.16. The lowest BCUT2D eigenvalue weighted by molar-refractivity contribution is -0.385. The van der Waals surface area contributed by atoms with Crippen molar-refractivity contribution >= 4 is 21.4 Å². The maximum Gasteiger partial charge on any atom is 0.274 e. The van der Waals surface area contributed by atoms with Gasteiger partial charge in [-0.2, -0.15) is 0 Å². The lowest BCUT2D eigenvalue weighted by Crippen LogP contribution is -2.34. The highest BCUT2D eigenvalue weighted by atomic mass is 32.2. The first-order chi connectivity index (χ1) is 9.22. The zero-order chi connectivity index (χ0) is 15.5. The topological polar surface area (TPSA) is 115 Å². The molecule has 20 heavy (non-hydrogen) atoms. The number of sulfonamides is 1. The molecule has 0 bridgehead atoms. The van der Waals surface area contributed by atoms with Crippen LogP contribution in [0, 0.1) is 15.9 Å². The molecule has 9 heteroatoms. The number of hydrogen-bond donors (Lipinski definition) is 2. The maximum absolute atomic E-state index is 13.8. The second-order valence-electron chi connectivity index (χ2n) is 4.24. The first kappa shape index (κ1) is 16.3. The van der Waals surface area contributed by atoms with Crippen molar-refractivity contribution < 1.29 is 17.7 Å². The van der Waals surface area contributed by atoms with Crippen LogP contribution >= 0.6 is 0 Å². The molecule has 3 N–H and O–H groups in total. The summed E-state index contributed by atoms with van der Waals surface area (Å²) in [6.07, 6.45) is 1.06. The number of nitrogen functional groups attached to an aromatic ring is 1. The predicted octanol–water partition coefficient (Wildman–Crippen LogP) is 1.78. The largest absolute Gasteiger partial charge is 0.397 e. The van der Waals surface area contributed by atoms with Gasteiger partial charge in [-0.3, -0.25) is 10.1 Å². The smallest absolute Gasteiger partial charge is 0.274 e. The van der Waals surface area contributed by atoms with E-state index in [1.807, 2.05) is 0 Å². The zero-order valence-corrected chi connectivity index (χ0v) is 11.9. The summed E-state index contributed by atoms with van der Waals surface area (Å²) in [5, 5.41) is 10.6. The normalized spacial score (nSPS) is 11.8. The predicted molar refractivity (Wildman–Crippen MR) is 72.2 cm³/mol. The molecule has 0 amide bonds. The molecule has 0 saturated carbocycles. The number of halogens is 1. The molecule has 1 rings (SSSR count). The molecule has 112 valence electrons. The number of nitrogens with one attached hydrogen (secondary N) is 1. The van der Waals surface area contributed by atoms with Gasteiger partial charge in [-0.25, -0.2) is 17.5 Å². The molecule has 0 aliphatic rings. The van der Waals surface area contributed by atoms with Crippen LogP contribution in [-0.2, 0) is 10.0 Å². The van der Waals surface area contributed by atoms with Gasteiger partial charge in [-0.05, 0) is 12.8 Å². The van der Waals surface area contributed by atoms with E-state index in [0.717, 1.165) is 6.07 Å². The standard InChI is InChI=1S/C11H16FN3O4S/c1-3-7(4-2)14-20(18,19)11-9(12)5-8(15(16)17)6-10(11)13/h5-7,14H,3-4,13H2,1-2H3. The van der Waals surface area contributed by atoms with E-state index < -0.39 is 37.0 Å². The Morgan fingerprint density at radius 3 is 2.35 bits per heavy atom. The summed E-state index contributed by atoms with van der Waals surface area (Å²) in [5.41, 5.74) is 4.35. The Morgan fingerprint density at radius 2 is 1.95 bits per heavy atom. The number of rotatable bonds is 6. The molecule has 0 heterocycles. The molecule has 0 atom stereocenters. The van der Waals surface area contributed by atoms with E-state index in [9.17, 15) is 22.9 Å². The third-order valence-electron chi connectivity index (χ3n) is 2.84. The van der Waals surface area contributed by atoms with Crippen LogP contribution in [0.4, 0.5) is 15.8 Å². The number of nitrogens with zero attached hydrogens (tertiary/aromatic N) is 1. The highest BCUT2D eigenvalue weighted by Gasteiger charge is 2.27. The quantitative estimate of drug-likeness (QED) is 0.472. The number of nitro benzene ring substituents is 1. The average Bonchev–Trinajstić information content (AvgIpc) is 2.34. The lowest BCUT2D eigenvalue weighted by atomic mass is 10.2. The zero-order valence-electron chi connectivity index (χ0n) is 11.1. The summed E-state index contributed by atoms with van der Waals surface area (Å²) in [6.45, 7) is 3.57. The third kappa shape index (κ3) is 3.42. The van der Waals surface area contributed by atoms with Gasteiger partial charge in [0.15, 0.2) is 5.82 Å². The monoisotopic (exact) mass is 305 g/mol. The Bertz CT molecular complexity index is 591. The van der Waals surface area contributed by atoms with E-state index in [1.54, 1.807) is 13.8 Å². The first-order valence-electron chi connectivity index (χ1n) is 5.98. The minimum absolute atomic E-state index is 0.353. The molecule has 7 nitrogen and oxygen atoms in total. The molecular weight excluding hydrogens is 289 g/mol. The van der Waals surface area contributed by atoms with Gasteiger partial charge < -0.3 is 5.73 Å². The van der Waals surface area contributed by atoms with Crippen LogP contribution in [0.1, 0.15) is 26.7 Å². The van der Waals surface area contributed by atoms with Crippen LogP contribution in [0.5, 0.6) is 0 Å². The molecule has 0 saturated heterocycles. The van der Waals surface area contributed by atoms with Gasteiger partial charge in [-0.15, -0.1) is 0 Å². The maximum atomic E-state index is 13.8. The second kappa shape index (κ2) is 6.14. The Balaban J connectivity index is 3.29. The number of anilines is 1. The third-order valence-corrected chi connectivity index (χ3v) is 4.46. The fourth-order valence-electron chi connectivity index (χ4n) is 1.72. The Morgan fingerprint density at radius 1 is 1.40 bits per heavy atom. The van der Waals surface area contributed by atoms with Crippen molar-refractivity contribution in [2.24, 2.45) is 0 Å². The van der Waals surface area contributed by atoms with Crippen molar-refractivity contribution in [3.8, 4) is 0 Å². The van der Waals surface area contributed by atoms with Gasteiger partial charge in [0.2, 0.25) is 10.0 Å². The van der Waals surface area contributed by atoms with Crippen LogP contribution in [0.25, 0.3) is 0 Å². The fraction of sp³-hybridized carbons (Fsp3) is 0.455. The van der Waals surface area contributed by atoms with Crippen molar-refractivity contribution in [2.45, 2.75) is 37.6 Å². The van der Waals surface area contributed by atoms with E-state index in [-0.39, 0.29) is 6.04 Å². The molecule has 0 aromatic heterocycles. The summed E-state index contributed by atoms with van der Waals surface area (Å²) < 4.78 is 40.3. The molecule has 0 aliphatic carbocycles. The van der Waals surface area contributed by atoms with Gasteiger partial charge in [0.1, 0.15) is 4.90 Å². The van der Waals surface area contributed by atoms with E-state index in [2.05, 4.69) is 4.72 Å². The van der Waals surface area contributed by atoms with E-state index in [0.29, 0.717) is 18.9 Å². The summed E-state index contributed by atoms with van der Waals surface area (Å²) in [4.78, 5) is 8.96. The Labute approximate surface area is 116 Å². The molecular formula is C11H16FN3O4S. The second-order valence-corrected chi connectivity index (χ2v) is 5.89. The summed E-state index contributed by atoms with van der Waals surface area (Å²) in [5.74, 6) is -1.24. The average molecular weight is 305 g/mol. The van der Waals surface area contributed by atoms with Crippen LogP contribution in [0.3, 0.4) is 0 Å². The number of non-ortho nitro benzene ring substituents is 1. The molecule has 1 aromatic carbocycles. The van der Waals surface area contributed by atoms with Gasteiger partial charge >= 0.3 is 0 Å². The van der Waals surface area contributed by atoms with Crippen molar-refractivity contribution in [1.82, 2.24) is 4.72 Å². The van der Waals surface area contributed by atoms with Gasteiger partial charge in [0.05, 0.1) is 16.7 Å². The molecule has 0 spiro atoms. The van der Waals surface area contributed by atoms with E-state index in [1.165, 1.54) is 0 Å². The highest BCUT2D eigenvalue weighted by Crippen LogP contribution is 2.27. The molecule has 0 fully saturated rings. The molecule has 0 aliphatic heterocycles. The Kier molecular flexibility index (Phi) is 5.01. The van der Waals surface area contributed by atoms with Crippen molar-refractivity contribution in [3.63, 3.8) is 0 Å². The van der Waals surface area contributed by atoms with Crippen LogP contribution in [0.2, 0.25) is 0 Å². The summed E-state index contributed by atoms with van der Waals surface area (Å²) in [6, 6.07) is 1.01. The van der Waals surface area contributed by atoms with Crippen molar-refractivity contribution in [3.05, 3.63) is 28.1 Å². The van der Waals surface area contributed by atoms with Gasteiger partial charge in [-0.1, -0.05) is 13.8 Å². The van der Waals surface area contributed by atoms with Gasteiger partial charge in [0.25, 0.3) is 5.69 Å². The van der Waals surface area contributed by atoms with Crippen molar-refractivity contribution in [2.75, 3.05) is 5.73 Å². The number of benzene rings is 1. The molecule has 0 radical (unpaired) electrons. The Hall–Kier alpha value is -1.74. The number of nitro groups is 1. The molecule has 0 unspecified atom stereocenters. The number of hydrogen-bond acceptors (Lipinski definition) is 5. The number of nitrogens with two attached hydrogens (primary N) is 1. The van der Waals surface area contributed by atoms with Crippen molar-refractivity contribution in [1.29, 1.82) is 0 Å². The van der Waals surface area contributed by atoms with Gasteiger partial charge in [0, 0.05) is 12.1 Å². The van der Waals surface area contributed by atoms with Crippen LogP contribution in [-0.4, -0.2) is 19.4 Å². The SMILES string of the molecule is CCC(CC)NS(=O)(=O)c1c(N)cc([N+](=O)[O-])cc1F. The minimum Gasteiger partial charge on any atom is -0.397 e. The lowest BCUT2D eigenvalue weighted by Gasteiger charge is -2.16. The highest BCUT2D eigenvalue weighted by molar-refractivity contribution is 7.89. The first-order valence-corrected chi connectivity index (χ1v) is 7.47. The van der Waals surface area contributed by atoms with Crippen LogP contribution in [0.15, 0.2) is 17.0 Å².